The summed E-state index contributed by atoms with van der Waals surface area (Å²) >= 11 is 7.33. The molecule has 16 heavy (non-hydrogen) atoms. The van der Waals surface area contributed by atoms with Gasteiger partial charge in [-0.3, -0.25) is 0 Å². The minimum Gasteiger partial charge on any atom is -0.394 e. The number of thioether (sulfide) groups is 1. The van der Waals surface area contributed by atoms with Gasteiger partial charge in [0.05, 0.1) is 22.2 Å². The molecular formula is C11H15ClN2OS. The first-order valence-electron chi connectivity index (χ1n) is 5.28. The largest absolute Gasteiger partial charge is 0.394 e. The molecule has 1 atom stereocenters. The lowest BCUT2D eigenvalue weighted by Gasteiger charge is -2.26. The van der Waals surface area contributed by atoms with Crippen molar-refractivity contribution in [2.75, 3.05) is 12.4 Å². The van der Waals surface area contributed by atoms with Crippen LogP contribution >= 0.6 is 23.4 Å². The van der Waals surface area contributed by atoms with Gasteiger partial charge in [0.15, 0.2) is 0 Å². The van der Waals surface area contributed by atoms with Crippen LogP contribution in [-0.2, 0) is 0 Å². The van der Waals surface area contributed by atoms with E-state index in [1.54, 1.807) is 18.0 Å². The van der Waals surface area contributed by atoms with Gasteiger partial charge in [0.2, 0.25) is 0 Å². The monoisotopic (exact) mass is 258 g/mol. The molecule has 88 valence electrons. The molecule has 1 unspecified atom stereocenters. The summed E-state index contributed by atoms with van der Waals surface area (Å²) < 4.78 is 0. The second-order valence-electron chi connectivity index (χ2n) is 4.27. The highest BCUT2D eigenvalue weighted by atomic mass is 35.5. The molecule has 0 aromatic carbocycles. The Balaban J connectivity index is 1.92. The van der Waals surface area contributed by atoms with Crippen LogP contribution in [0.25, 0.3) is 0 Å². The van der Waals surface area contributed by atoms with Crippen LogP contribution < -0.4 is 5.73 Å². The Hall–Kier alpha value is -0.290. The highest BCUT2D eigenvalue weighted by molar-refractivity contribution is 7.99. The molecule has 1 saturated carbocycles. The normalized spacial score (nSPS) is 19.4. The van der Waals surface area contributed by atoms with Gasteiger partial charge < -0.3 is 10.8 Å². The lowest BCUT2D eigenvalue weighted by molar-refractivity contribution is 0.194. The van der Waals surface area contributed by atoms with Crippen LogP contribution in [0.15, 0.2) is 23.4 Å². The molecule has 0 spiro atoms. The van der Waals surface area contributed by atoms with Crippen molar-refractivity contribution < 1.29 is 5.11 Å². The first-order chi connectivity index (χ1) is 7.64. The molecule has 1 aromatic rings. The summed E-state index contributed by atoms with van der Waals surface area (Å²) in [5, 5.41) is 10.9. The van der Waals surface area contributed by atoms with Gasteiger partial charge in [0.1, 0.15) is 0 Å². The van der Waals surface area contributed by atoms with E-state index in [1.165, 1.54) is 0 Å². The number of aromatic nitrogens is 1. The Kier molecular flexibility index (Phi) is 3.74. The maximum atomic E-state index is 9.34. The van der Waals surface area contributed by atoms with E-state index in [0.29, 0.717) is 16.7 Å². The number of hydrogen-bond acceptors (Lipinski definition) is 4. The van der Waals surface area contributed by atoms with Crippen molar-refractivity contribution in [1.82, 2.24) is 4.98 Å². The molecule has 0 bridgehead atoms. The van der Waals surface area contributed by atoms with Gasteiger partial charge in [-0.2, -0.15) is 0 Å². The smallest absolute Gasteiger partial charge is 0.0961 e. The van der Waals surface area contributed by atoms with Crippen LogP contribution in [0.3, 0.4) is 0 Å². The Labute approximate surface area is 104 Å². The summed E-state index contributed by atoms with van der Waals surface area (Å²) in [6.45, 7) is 0.0399. The summed E-state index contributed by atoms with van der Waals surface area (Å²) in [6, 6.07) is 3.68. The topological polar surface area (TPSA) is 59.1 Å². The number of halogens is 1. The van der Waals surface area contributed by atoms with Gasteiger partial charge in [0, 0.05) is 11.9 Å². The van der Waals surface area contributed by atoms with E-state index >= 15 is 0 Å². The minimum absolute atomic E-state index is 0.0399. The molecule has 1 heterocycles. The fourth-order valence-electron chi connectivity index (χ4n) is 1.61. The highest BCUT2D eigenvalue weighted by Gasteiger charge is 2.41. The lowest BCUT2D eigenvalue weighted by atomic mass is 9.99. The van der Waals surface area contributed by atoms with Crippen molar-refractivity contribution in [2.24, 2.45) is 11.7 Å². The maximum Gasteiger partial charge on any atom is 0.0961 e. The number of nitrogens with zero attached hydrogens (tertiary/aromatic N) is 1. The number of aliphatic hydroxyl groups excluding tert-OH is 1. The Morgan fingerprint density at radius 2 is 2.31 bits per heavy atom. The number of hydrogen-bond donors (Lipinski definition) is 2. The van der Waals surface area contributed by atoms with Gasteiger partial charge in [0.25, 0.3) is 0 Å². The maximum absolute atomic E-state index is 9.34. The second kappa shape index (κ2) is 4.92. The summed E-state index contributed by atoms with van der Waals surface area (Å²) in [5.74, 6) is 1.17. The Morgan fingerprint density at radius 1 is 1.56 bits per heavy atom. The molecule has 3 N–H and O–H groups in total. The first-order valence-corrected chi connectivity index (χ1v) is 6.64. The fourth-order valence-corrected chi connectivity index (χ4v) is 2.75. The van der Waals surface area contributed by atoms with Gasteiger partial charge in [-0.1, -0.05) is 11.6 Å². The van der Waals surface area contributed by atoms with E-state index in [-0.39, 0.29) is 6.61 Å². The SMILES string of the molecule is NC(CO)(CSc1ccc(Cl)cn1)C1CC1. The summed E-state index contributed by atoms with van der Waals surface area (Å²) in [6.07, 6.45) is 3.88. The summed E-state index contributed by atoms with van der Waals surface area (Å²) in [7, 11) is 0. The van der Waals surface area contributed by atoms with E-state index in [9.17, 15) is 5.11 Å². The van der Waals surface area contributed by atoms with Crippen molar-refractivity contribution in [3.8, 4) is 0 Å². The number of aliphatic hydroxyl groups is 1. The van der Waals surface area contributed by atoms with E-state index in [2.05, 4.69) is 4.98 Å². The van der Waals surface area contributed by atoms with Gasteiger partial charge in [-0.25, -0.2) is 4.98 Å². The van der Waals surface area contributed by atoms with Crippen molar-refractivity contribution in [3.63, 3.8) is 0 Å². The van der Waals surface area contributed by atoms with Crippen LogP contribution in [0.2, 0.25) is 5.02 Å². The minimum atomic E-state index is -0.452. The second-order valence-corrected chi connectivity index (χ2v) is 5.70. The van der Waals surface area contributed by atoms with Gasteiger partial charge in [-0.15, -0.1) is 11.8 Å². The zero-order chi connectivity index (χ0) is 11.6. The molecule has 2 rings (SSSR count). The first kappa shape index (κ1) is 12.2. The molecule has 1 aliphatic rings. The molecule has 3 nitrogen and oxygen atoms in total. The van der Waals surface area contributed by atoms with E-state index < -0.39 is 5.54 Å². The standard InChI is InChI=1S/C11H15ClN2OS/c12-9-3-4-10(14-5-9)16-7-11(13,6-15)8-1-2-8/h3-5,8,15H,1-2,6-7,13H2. The molecule has 5 heteroatoms. The van der Waals surface area contributed by atoms with E-state index in [4.69, 9.17) is 17.3 Å². The molecule has 0 amide bonds. The van der Waals surface area contributed by atoms with Crippen LogP contribution in [0.1, 0.15) is 12.8 Å². The van der Waals surface area contributed by atoms with Crippen LogP contribution in [0, 0.1) is 5.92 Å². The molecule has 1 fully saturated rings. The van der Waals surface area contributed by atoms with E-state index in [1.807, 2.05) is 12.1 Å². The zero-order valence-electron chi connectivity index (χ0n) is 8.90. The van der Waals surface area contributed by atoms with Crippen LogP contribution in [0.4, 0.5) is 0 Å². The predicted octanol–water partition coefficient (Wildman–Crippen LogP) is 1.93. The molecule has 0 saturated heterocycles. The number of nitrogens with two attached hydrogens (primary N) is 1. The van der Waals surface area contributed by atoms with Crippen LogP contribution in [0.5, 0.6) is 0 Å². The van der Waals surface area contributed by atoms with Gasteiger partial charge >= 0.3 is 0 Å². The van der Waals surface area contributed by atoms with Crippen molar-refractivity contribution in [2.45, 2.75) is 23.4 Å². The van der Waals surface area contributed by atoms with Crippen molar-refractivity contribution in [1.29, 1.82) is 0 Å². The molecule has 1 aliphatic carbocycles. The lowest BCUT2D eigenvalue weighted by Crippen LogP contribution is -2.48. The van der Waals surface area contributed by atoms with Gasteiger partial charge in [-0.05, 0) is 30.9 Å². The third-order valence-electron chi connectivity index (χ3n) is 2.87. The Bertz CT molecular complexity index is 356. The average Bonchev–Trinajstić information content (AvgIpc) is 3.12. The quantitative estimate of drug-likeness (QED) is 0.793. The van der Waals surface area contributed by atoms with Crippen molar-refractivity contribution in [3.05, 3.63) is 23.4 Å². The van der Waals surface area contributed by atoms with Crippen LogP contribution in [-0.4, -0.2) is 28.0 Å². The fraction of sp³-hybridized carbons (Fsp3) is 0.545. The summed E-state index contributed by atoms with van der Waals surface area (Å²) in [5.41, 5.74) is 5.70. The molecular weight excluding hydrogens is 244 g/mol. The number of rotatable bonds is 5. The molecule has 0 aliphatic heterocycles. The zero-order valence-corrected chi connectivity index (χ0v) is 10.5. The Morgan fingerprint density at radius 3 is 2.81 bits per heavy atom. The third kappa shape index (κ3) is 2.88. The molecule has 0 radical (unpaired) electrons. The predicted molar refractivity (Wildman–Crippen MR) is 66.7 cm³/mol. The third-order valence-corrected chi connectivity index (χ3v) is 4.32. The number of pyridine rings is 1. The molecule has 1 aromatic heterocycles. The highest BCUT2D eigenvalue weighted by Crippen LogP contribution is 2.40. The van der Waals surface area contributed by atoms with Crippen molar-refractivity contribution >= 4 is 23.4 Å². The van der Waals surface area contributed by atoms with E-state index in [0.717, 1.165) is 17.9 Å². The average molecular weight is 259 g/mol. The summed E-state index contributed by atoms with van der Waals surface area (Å²) in [4.78, 5) is 4.19.